The SMILES string of the molecule is [B]c1csc2c(C)csc12. The number of hydrogen-bond acceptors (Lipinski definition) is 2. The third kappa shape index (κ3) is 0.740. The lowest BCUT2D eigenvalue weighted by Gasteiger charge is -1.78. The highest BCUT2D eigenvalue weighted by Crippen LogP contribution is 2.27. The molecule has 2 heterocycles. The van der Waals surface area contributed by atoms with Crippen LogP contribution in [0.3, 0.4) is 0 Å². The van der Waals surface area contributed by atoms with E-state index in [0.717, 1.165) is 5.46 Å². The largest absolute Gasteiger partial charge is 0.143 e. The quantitative estimate of drug-likeness (QED) is 0.523. The average molecular weight is 164 g/mol. The molecule has 0 unspecified atom stereocenters. The predicted molar refractivity (Wildman–Crippen MR) is 49.8 cm³/mol. The van der Waals surface area contributed by atoms with Crippen LogP contribution in [-0.4, -0.2) is 7.85 Å². The third-order valence-corrected chi connectivity index (χ3v) is 3.89. The van der Waals surface area contributed by atoms with Gasteiger partial charge in [-0.2, -0.15) is 0 Å². The summed E-state index contributed by atoms with van der Waals surface area (Å²) in [6.45, 7) is 2.12. The van der Waals surface area contributed by atoms with Crippen molar-refractivity contribution >= 4 is 45.4 Å². The third-order valence-electron chi connectivity index (χ3n) is 1.48. The molecule has 0 saturated carbocycles. The van der Waals surface area contributed by atoms with Crippen molar-refractivity contribution < 1.29 is 0 Å². The van der Waals surface area contributed by atoms with Gasteiger partial charge in [0.15, 0.2) is 0 Å². The first-order valence-electron chi connectivity index (χ1n) is 3.00. The van der Waals surface area contributed by atoms with Gasteiger partial charge in [0.2, 0.25) is 0 Å². The van der Waals surface area contributed by atoms with Gasteiger partial charge in [-0.15, -0.1) is 22.7 Å². The number of fused-ring (bicyclic) bond motifs is 1. The number of thiophene rings is 2. The van der Waals surface area contributed by atoms with Crippen molar-refractivity contribution in [3.05, 3.63) is 16.3 Å². The summed E-state index contributed by atoms with van der Waals surface area (Å²) in [5.41, 5.74) is 2.28. The first kappa shape index (κ1) is 6.44. The van der Waals surface area contributed by atoms with Crippen LogP contribution in [0.1, 0.15) is 5.56 Å². The molecule has 2 aromatic heterocycles. The monoisotopic (exact) mass is 164 g/mol. The molecule has 0 spiro atoms. The van der Waals surface area contributed by atoms with E-state index in [2.05, 4.69) is 12.3 Å². The topological polar surface area (TPSA) is 0 Å². The molecule has 2 aromatic rings. The normalized spacial score (nSPS) is 10.9. The molecule has 2 rings (SSSR count). The highest BCUT2D eigenvalue weighted by atomic mass is 32.1. The van der Waals surface area contributed by atoms with Gasteiger partial charge >= 0.3 is 0 Å². The second-order valence-electron chi connectivity index (χ2n) is 2.27. The van der Waals surface area contributed by atoms with E-state index in [1.807, 2.05) is 5.38 Å². The Kier molecular flexibility index (Phi) is 1.36. The first-order chi connectivity index (χ1) is 4.79. The van der Waals surface area contributed by atoms with E-state index in [9.17, 15) is 0 Å². The standard InChI is InChI=1S/C7H5BS2/c1-4-2-9-7-5(8)3-10-6(4)7/h2-3H,1H3. The summed E-state index contributed by atoms with van der Waals surface area (Å²) in [4.78, 5) is 0. The van der Waals surface area contributed by atoms with Gasteiger partial charge in [-0.25, -0.2) is 0 Å². The van der Waals surface area contributed by atoms with Gasteiger partial charge in [0.25, 0.3) is 0 Å². The molecule has 0 saturated heterocycles. The van der Waals surface area contributed by atoms with Crippen LogP contribution in [0.5, 0.6) is 0 Å². The summed E-state index contributed by atoms with van der Waals surface area (Å²) >= 11 is 3.47. The highest BCUT2D eigenvalue weighted by Gasteiger charge is 2.02. The van der Waals surface area contributed by atoms with Gasteiger partial charge in [-0.1, -0.05) is 5.46 Å². The van der Waals surface area contributed by atoms with Gasteiger partial charge in [-0.05, 0) is 23.2 Å². The molecule has 48 valence electrons. The molecule has 0 atom stereocenters. The zero-order valence-electron chi connectivity index (χ0n) is 5.55. The summed E-state index contributed by atoms with van der Waals surface area (Å²) in [6.07, 6.45) is 0. The fourth-order valence-corrected chi connectivity index (χ4v) is 3.10. The molecule has 2 radical (unpaired) electrons. The van der Waals surface area contributed by atoms with Crippen molar-refractivity contribution in [2.45, 2.75) is 6.92 Å². The molecule has 10 heavy (non-hydrogen) atoms. The fourth-order valence-electron chi connectivity index (χ4n) is 0.955. The Labute approximate surface area is 68.9 Å². The van der Waals surface area contributed by atoms with E-state index >= 15 is 0 Å². The minimum absolute atomic E-state index is 0.929. The van der Waals surface area contributed by atoms with Gasteiger partial charge in [0.05, 0.1) is 0 Å². The molecule has 0 bridgehead atoms. The van der Waals surface area contributed by atoms with Crippen molar-refractivity contribution in [1.29, 1.82) is 0 Å². The Morgan fingerprint density at radius 2 is 1.90 bits per heavy atom. The van der Waals surface area contributed by atoms with Crippen molar-refractivity contribution in [1.82, 2.24) is 0 Å². The second-order valence-corrected chi connectivity index (χ2v) is 4.03. The summed E-state index contributed by atoms with van der Waals surface area (Å²) in [5, 5.41) is 4.16. The molecule has 0 fully saturated rings. The molecule has 0 N–H and O–H groups in total. The highest BCUT2D eigenvalue weighted by molar-refractivity contribution is 7.28. The zero-order valence-corrected chi connectivity index (χ0v) is 7.18. The maximum Gasteiger partial charge on any atom is 0.116 e. The van der Waals surface area contributed by atoms with E-state index in [1.54, 1.807) is 22.7 Å². The van der Waals surface area contributed by atoms with Crippen LogP contribution in [0.25, 0.3) is 9.40 Å². The molecule has 0 aromatic carbocycles. The van der Waals surface area contributed by atoms with Crippen molar-refractivity contribution in [3.8, 4) is 0 Å². The summed E-state index contributed by atoms with van der Waals surface area (Å²) < 4.78 is 2.60. The summed E-state index contributed by atoms with van der Waals surface area (Å²) in [7, 11) is 5.71. The lowest BCUT2D eigenvalue weighted by atomic mass is 10.0. The fraction of sp³-hybridized carbons (Fsp3) is 0.143. The molecule has 0 aliphatic heterocycles. The minimum atomic E-state index is 0.929. The number of rotatable bonds is 0. The first-order valence-corrected chi connectivity index (χ1v) is 4.75. The van der Waals surface area contributed by atoms with E-state index in [4.69, 9.17) is 7.85 Å². The zero-order chi connectivity index (χ0) is 7.14. The molecular weight excluding hydrogens is 159 g/mol. The maximum absolute atomic E-state index is 5.71. The summed E-state index contributed by atoms with van der Waals surface area (Å²) in [5.74, 6) is 0. The van der Waals surface area contributed by atoms with Gasteiger partial charge in [0, 0.05) is 9.40 Å². The van der Waals surface area contributed by atoms with Crippen LogP contribution < -0.4 is 5.46 Å². The Morgan fingerprint density at radius 1 is 1.20 bits per heavy atom. The predicted octanol–water partition coefficient (Wildman–Crippen LogP) is 2.07. The molecule has 0 aliphatic carbocycles. The molecule has 0 amide bonds. The van der Waals surface area contributed by atoms with Crippen LogP contribution >= 0.6 is 22.7 Å². The Hall–Kier alpha value is -0.275. The van der Waals surface area contributed by atoms with Crippen molar-refractivity contribution in [3.63, 3.8) is 0 Å². The minimum Gasteiger partial charge on any atom is -0.143 e. The van der Waals surface area contributed by atoms with Crippen molar-refractivity contribution in [2.75, 3.05) is 0 Å². The van der Waals surface area contributed by atoms with Crippen LogP contribution in [0.2, 0.25) is 0 Å². The van der Waals surface area contributed by atoms with E-state index in [-0.39, 0.29) is 0 Å². The lowest BCUT2D eigenvalue weighted by molar-refractivity contribution is 1.63. The Morgan fingerprint density at radius 3 is 2.60 bits per heavy atom. The van der Waals surface area contributed by atoms with Gasteiger partial charge in [0.1, 0.15) is 7.85 Å². The second kappa shape index (κ2) is 2.11. The molecule has 0 aliphatic rings. The van der Waals surface area contributed by atoms with E-state index in [0.29, 0.717) is 0 Å². The van der Waals surface area contributed by atoms with Crippen LogP contribution in [-0.2, 0) is 0 Å². The number of hydrogen-bond donors (Lipinski definition) is 0. The average Bonchev–Trinajstić information content (AvgIpc) is 2.41. The van der Waals surface area contributed by atoms with Crippen molar-refractivity contribution in [2.24, 2.45) is 0 Å². The summed E-state index contributed by atoms with van der Waals surface area (Å²) in [6, 6.07) is 0. The Bertz CT molecular complexity index is 322. The van der Waals surface area contributed by atoms with E-state index < -0.39 is 0 Å². The Balaban J connectivity index is 2.95. The molecular formula is C7H5BS2. The van der Waals surface area contributed by atoms with Gasteiger partial charge in [-0.3, -0.25) is 0 Å². The maximum atomic E-state index is 5.71. The lowest BCUT2D eigenvalue weighted by Crippen LogP contribution is -1.93. The van der Waals surface area contributed by atoms with Crippen LogP contribution in [0.4, 0.5) is 0 Å². The van der Waals surface area contributed by atoms with E-state index in [1.165, 1.54) is 15.0 Å². The van der Waals surface area contributed by atoms with Crippen LogP contribution in [0, 0.1) is 6.92 Å². The molecule has 0 nitrogen and oxygen atoms in total. The number of aryl methyl sites for hydroxylation is 1. The van der Waals surface area contributed by atoms with Crippen LogP contribution in [0.15, 0.2) is 10.8 Å². The van der Waals surface area contributed by atoms with Gasteiger partial charge < -0.3 is 0 Å². The molecule has 3 heteroatoms. The smallest absolute Gasteiger partial charge is 0.116 e.